The zero-order valence-corrected chi connectivity index (χ0v) is 8.78. The number of nitrogens with zero attached hydrogens (tertiary/aromatic N) is 2. The third kappa shape index (κ3) is 2.41. The number of carbonyl (C=O) groups is 1. The molecular formula is C9H8N2O6. The average molecular weight is 240 g/mol. The van der Waals surface area contributed by atoms with E-state index < -0.39 is 17.2 Å². The van der Waals surface area contributed by atoms with Gasteiger partial charge in [0, 0.05) is 6.92 Å². The predicted molar refractivity (Wildman–Crippen MR) is 53.2 cm³/mol. The first kappa shape index (κ1) is 11.1. The zero-order chi connectivity index (χ0) is 12.4. The highest BCUT2D eigenvalue weighted by Crippen LogP contribution is 2.22. The lowest BCUT2D eigenvalue weighted by atomic mass is 10.2. The molecule has 2 heterocycles. The molecular weight excluding hydrogens is 232 g/mol. The SMILES string of the molecule is CC(=O)OC1CC(c2ccc([N+](=O)[O-])o2)=NO1. The maximum atomic E-state index is 10.7. The lowest BCUT2D eigenvalue weighted by Crippen LogP contribution is -2.15. The van der Waals surface area contributed by atoms with Gasteiger partial charge in [-0.2, -0.15) is 0 Å². The molecule has 90 valence electrons. The van der Waals surface area contributed by atoms with E-state index in [4.69, 9.17) is 14.0 Å². The maximum Gasteiger partial charge on any atom is 0.433 e. The van der Waals surface area contributed by atoms with Crippen molar-refractivity contribution in [3.63, 3.8) is 0 Å². The zero-order valence-electron chi connectivity index (χ0n) is 8.78. The Bertz CT molecular complexity index is 491. The summed E-state index contributed by atoms with van der Waals surface area (Å²) in [6.07, 6.45) is -0.601. The van der Waals surface area contributed by atoms with E-state index in [1.54, 1.807) is 0 Å². The van der Waals surface area contributed by atoms with Gasteiger partial charge in [0.05, 0.1) is 12.5 Å². The molecule has 0 amide bonds. The molecule has 0 saturated carbocycles. The van der Waals surface area contributed by atoms with Crippen LogP contribution in [0.25, 0.3) is 0 Å². The van der Waals surface area contributed by atoms with E-state index in [-0.39, 0.29) is 18.1 Å². The van der Waals surface area contributed by atoms with E-state index in [1.807, 2.05) is 0 Å². The van der Waals surface area contributed by atoms with E-state index in [0.29, 0.717) is 5.71 Å². The van der Waals surface area contributed by atoms with Gasteiger partial charge in [-0.15, -0.1) is 0 Å². The molecule has 1 atom stereocenters. The highest BCUT2D eigenvalue weighted by atomic mass is 16.8. The summed E-state index contributed by atoms with van der Waals surface area (Å²) in [7, 11) is 0. The van der Waals surface area contributed by atoms with Gasteiger partial charge in [0.25, 0.3) is 6.29 Å². The molecule has 1 aliphatic heterocycles. The van der Waals surface area contributed by atoms with E-state index in [0.717, 1.165) is 0 Å². The van der Waals surface area contributed by atoms with Gasteiger partial charge < -0.3 is 14.0 Å². The largest absolute Gasteiger partial charge is 0.433 e. The topological polar surface area (TPSA) is 104 Å². The summed E-state index contributed by atoms with van der Waals surface area (Å²) in [5, 5.41) is 14.0. The van der Waals surface area contributed by atoms with Crippen molar-refractivity contribution in [3.05, 3.63) is 28.0 Å². The van der Waals surface area contributed by atoms with Crippen LogP contribution in [0.3, 0.4) is 0 Å². The molecule has 8 heteroatoms. The minimum Gasteiger partial charge on any atom is -0.423 e. The minimum absolute atomic E-state index is 0.199. The highest BCUT2D eigenvalue weighted by Gasteiger charge is 2.27. The van der Waals surface area contributed by atoms with Gasteiger partial charge in [-0.3, -0.25) is 14.9 Å². The van der Waals surface area contributed by atoms with E-state index in [9.17, 15) is 14.9 Å². The number of hydrogen-bond donors (Lipinski definition) is 0. The van der Waals surface area contributed by atoms with Gasteiger partial charge >= 0.3 is 11.9 Å². The Kier molecular flexibility index (Phi) is 2.77. The van der Waals surface area contributed by atoms with Gasteiger partial charge in [-0.25, -0.2) is 0 Å². The molecule has 1 aromatic rings. The van der Waals surface area contributed by atoms with Crippen LogP contribution in [0.5, 0.6) is 0 Å². The Morgan fingerprint density at radius 2 is 2.41 bits per heavy atom. The smallest absolute Gasteiger partial charge is 0.423 e. The van der Waals surface area contributed by atoms with Crippen molar-refractivity contribution in [2.24, 2.45) is 5.16 Å². The van der Waals surface area contributed by atoms with Crippen molar-refractivity contribution < 1.29 is 23.7 Å². The summed E-state index contributed by atoms with van der Waals surface area (Å²) in [5.74, 6) is -0.637. The first-order valence-corrected chi connectivity index (χ1v) is 4.71. The van der Waals surface area contributed by atoms with Crippen molar-refractivity contribution in [2.75, 3.05) is 0 Å². The summed E-state index contributed by atoms with van der Waals surface area (Å²) in [6.45, 7) is 1.25. The molecule has 0 radical (unpaired) electrons. The molecule has 0 fully saturated rings. The van der Waals surface area contributed by atoms with Gasteiger partial charge in [0.15, 0.2) is 5.76 Å². The number of carbonyl (C=O) groups excluding carboxylic acids is 1. The van der Waals surface area contributed by atoms with Crippen LogP contribution in [0.2, 0.25) is 0 Å². The number of furan rings is 1. The van der Waals surface area contributed by atoms with Crippen LogP contribution >= 0.6 is 0 Å². The summed E-state index contributed by atoms with van der Waals surface area (Å²) >= 11 is 0. The van der Waals surface area contributed by atoms with Crippen LogP contribution in [0, 0.1) is 10.1 Å². The first-order valence-electron chi connectivity index (χ1n) is 4.71. The van der Waals surface area contributed by atoms with Gasteiger partial charge in [0.2, 0.25) is 0 Å². The van der Waals surface area contributed by atoms with Crippen molar-refractivity contribution in [1.82, 2.24) is 0 Å². The second-order valence-corrected chi connectivity index (χ2v) is 3.28. The lowest BCUT2D eigenvalue weighted by Gasteiger charge is -2.06. The van der Waals surface area contributed by atoms with Crippen molar-refractivity contribution in [1.29, 1.82) is 0 Å². The van der Waals surface area contributed by atoms with E-state index in [2.05, 4.69) is 5.16 Å². The number of ether oxygens (including phenoxy) is 1. The van der Waals surface area contributed by atoms with Crippen LogP contribution in [-0.2, 0) is 14.4 Å². The maximum absolute atomic E-state index is 10.7. The third-order valence-electron chi connectivity index (χ3n) is 1.99. The quantitative estimate of drug-likeness (QED) is 0.446. The van der Waals surface area contributed by atoms with Crippen molar-refractivity contribution >= 4 is 17.6 Å². The van der Waals surface area contributed by atoms with Crippen molar-refractivity contribution in [3.8, 4) is 0 Å². The van der Waals surface area contributed by atoms with Crippen LogP contribution in [-0.4, -0.2) is 22.9 Å². The third-order valence-corrected chi connectivity index (χ3v) is 1.99. The number of oxime groups is 1. The fourth-order valence-corrected chi connectivity index (χ4v) is 1.33. The Hall–Kier alpha value is -2.38. The molecule has 0 N–H and O–H groups in total. The van der Waals surface area contributed by atoms with Crippen LogP contribution in [0.4, 0.5) is 5.88 Å². The van der Waals surface area contributed by atoms with Crippen LogP contribution in [0.1, 0.15) is 19.1 Å². The van der Waals surface area contributed by atoms with Crippen molar-refractivity contribution in [2.45, 2.75) is 19.6 Å². The van der Waals surface area contributed by atoms with Gasteiger partial charge in [-0.05, 0) is 6.07 Å². The Morgan fingerprint density at radius 3 is 3.00 bits per heavy atom. The summed E-state index contributed by atoms with van der Waals surface area (Å²) in [6, 6.07) is 2.63. The number of hydrogen-bond acceptors (Lipinski definition) is 7. The fourth-order valence-electron chi connectivity index (χ4n) is 1.33. The molecule has 1 aliphatic rings. The van der Waals surface area contributed by atoms with E-state index >= 15 is 0 Å². The number of rotatable bonds is 3. The molecule has 0 aromatic carbocycles. The lowest BCUT2D eigenvalue weighted by molar-refractivity contribution is -0.402. The molecule has 0 aliphatic carbocycles. The molecule has 0 saturated heterocycles. The average Bonchev–Trinajstić information content (AvgIpc) is 2.83. The summed E-state index contributed by atoms with van der Waals surface area (Å²) in [5.41, 5.74) is 0.365. The van der Waals surface area contributed by atoms with Crippen LogP contribution < -0.4 is 0 Å². The minimum atomic E-state index is -0.799. The first-order chi connectivity index (χ1) is 8.06. The second-order valence-electron chi connectivity index (χ2n) is 3.28. The molecule has 2 rings (SSSR count). The molecule has 0 spiro atoms. The Labute approximate surface area is 94.9 Å². The molecule has 0 bridgehead atoms. The molecule has 8 nitrogen and oxygen atoms in total. The summed E-state index contributed by atoms with van der Waals surface area (Å²) in [4.78, 5) is 25.2. The molecule has 1 aromatic heterocycles. The Balaban J connectivity index is 2.04. The van der Waals surface area contributed by atoms with Gasteiger partial charge in [0.1, 0.15) is 10.6 Å². The standard InChI is InChI=1S/C9H8N2O6/c1-5(12)15-9-4-6(10-17-9)7-2-3-8(16-7)11(13)14/h2-3,9H,4H2,1H3. The van der Waals surface area contributed by atoms with Crippen LogP contribution in [0.15, 0.2) is 21.7 Å². The molecule has 1 unspecified atom stereocenters. The Morgan fingerprint density at radius 1 is 1.65 bits per heavy atom. The van der Waals surface area contributed by atoms with E-state index in [1.165, 1.54) is 19.1 Å². The molecule has 17 heavy (non-hydrogen) atoms. The monoisotopic (exact) mass is 240 g/mol. The number of nitro groups is 1. The normalized spacial score (nSPS) is 18.4. The predicted octanol–water partition coefficient (Wildman–Crippen LogP) is 1.20. The van der Waals surface area contributed by atoms with Gasteiger partial charge in [-0.1, -0.05) is 5.16 Å². The summed E-state index contributed by atoms with van der Waals surface area (Å²) < 4.78 is 9.70. The number of esters is 1. The fraction of sp³-hybridized carbons (Fsp3) is 0.333. The highest BCUT2D eigenvalue weighted by molar-refractivity contribution is 5.99. The second kappa shape index (κ2) is 4.24.